The molecule has 0 spiro atoms. The molecule has 0 unspecified atom stereocenters. The summed E-state index contributed by atoms with van der Waals surface area (Å²) >= 11 is 1.28. The van der Waals surface area contributed by atoms with Crippen molar-refractivity contribution >= 4 is 23.9 Å². The second-order valence-electron chi connectivity index (χ2n) is 9.32. The first-order valence-corrected chi connectivity index (χ1v) is 12.7. The Labute approximate surface area is 220 Å². The summed E-state index contributed by atoms with van der Waals surface area (Å²) in [6.45, 7) is 6.54. The van der Waals surface area contributed by atoms with E-state index in [4.69, 9.17) is 4.74 Å². The average Bonchev–Trinajstić information content (AvgIpc) is 3.32. The topological polar surface area (TPSA) is 102 Å². The molecule has 0 saturated carbocycles. The number of hydrogen-bond donors (Lipinski definition) is 2. The second kappa shape index (κ2) is 11.3. The van der Waals surface area contributed by atoms with Crippen LogP contribution in [0.1, 0.15) is 31.9 Å². The van der Waals surface area contributed by atoms with Crippen molar-refractivity contribution in [2.45, 2.75) is 31.3 Å². The van der Waals surface area contributed by atoms with Gasteiger partial charge in [0.15, 0.2) is 22.5 Å². The average molecular weight is 516 g/mol. The summed E-state index contributed by atoms with van der Waals surface area (Å²) < 4.78 is 7.04. The summed E-state index contributed by atoms with van der Waals surface area (Å²) in [6.07, 6.45) is 1.48. The number of phenols is 1. The van der Waals surface area contributed by atoms with Crippen molar-refractivity contribution in [3.8, 4) is 28.6 Å². The van der Waals surface area contributed by atoms with Gasteiger partial charge >= 0.3 is 0 Å². The molecule has 4 aromatic rings. The molecule has 8 nitrogen and oxygen atoms in total. The van der Waals surface area contributed by atoms with E-state index in [1.165, 1.54) is 36.7 Å². The molecule has 2 N–H and O–H groups in total. The zero-order chi connectivity index (χ0) is 26.4. The number of ether oxygens (including phenoxy) is 1. The van der Waals surface area contributed by atoms with Gasteiger partial charge in [0.05, 0.1) is 19.1 Å². The number of nitrogens with zero attached hydrogens (tertiary/aromatic N) is 4. The van der Waals surface area contributed by atoms with Crippen molar-refractivity contribution in [1.82, 2.24) is 20.2 Å². The van der Waals surface area contributed by atoms with Crippen molar-refractivity contribution in [3.63, 3.8) is 0 Å². The lowest BCUT2D eigenvalue weighted by atomic mass is 9.87. The monoisotopic (exact) mass is 515 g/mol. The lowest BCUT2D eigenvalue weighted by molar-refractivity contribution is -0.118. The summed E-state index contributed by atoms with van der Waals surface area (Å²) in [7, 11) is 1.47. The largest absolute Gasteiger partial charge is 0.504 e. The SMILES string of the molecule is COc1cc(C=NNC(=O)CSc2nnc(-c3ccc(C(C)(C)C)cc3)n2-c2ccccc2)ccc1O. The highest BCUT2D eigenvalue weighted by molar-refractivity contribution is 7.99. The van der Waals surface area contributed by atoms with Gasteiger partial charge in [-0.15, -0.1) is 10.2 Å². The molecule has 0 aliphatic carbocycles. The molecule has 190 valence electrons. The van der Waals surface area contributed by atoms with Crippen molar-refractivity contribution < 1.29 is 14.6 Å². The number of hydrazone groups is 1. The fourth-order valence-corrected chi connectivity index (χ4v) is 4.34. The Kier molecular flexibility index (Phi) is 7.93. The van der Waals surface area contributed by atoms with E-state index in [0.717, 1.165) is 11.3 Å². The number of benzene rings is 3. The highest BCUT2D eigenvalue weighted by atomic mass is 32.2. The molecule has 1 heterocycles. The number of thioether (sulfide) groups is 1. The van der Waals surface area contributed by atoms with Crippen molar-refractivity contribution in [1.29, 1.82) is 0 Å². The maximum Gasteiger partial charge on any atom is 0.250 e. The first kappa shape index (κ1) is 26.0. The number of nitrogens with one attached hydrogen (secondary N) is 1. The van der Waals surface area contributed by atoms with Gasteiger partial charge in [0.1, 0.15) is 0 Å². The third-order valence-corrected chi connectivity index (χ3v) is 6.52. The molecule has 0 radical (unpaired) electrons. The van der Waals surface area contributed by atoms with Gasteiger partial charge in [0.2, 0.25) is 0 Å². The molecule has 1 aromatic heterocycles. The number of rotatable bonds is 8. The van der Waals surface area contributed by atoms with Crippen LogP contribution in [0.4, 0.5) is 0 Å². The molecular weight excluding hydrogens is 486 g/mol. The Morgan fingerprint density at radius 2 is 1.81 bits per heavy atom. The minimum Gasteiger partial charge on any atom is -0.504 e. The third-order valence-electron chi connectivity index (χ3n) is 5.60. The normalized spacial score (nSPS) is 11.6. The number of carbonyl (C=O) groups is 1. The van der Waals surface area contributed by atoms with Crippen LogP contribution in [-0.2, 0) is 10.2 Å². The fourth-order valence-electron chi connectivity index (χ4n) is 3.60. The third kappa shape index (κ3) is 6.37. The van der Waals surface area contributed by atoms with Gasteiger partial charge in [-0.3, -0.25) is 9.36 Å². The van der Waals surface area contributed by atoms with Crippen LogP contribution < -0.4 is 10.2 Å². The maximum absolute atomic E-state index is 12.5. The molecule has 1 amide bonds. The van der Waals surface area contributed by atoms with Crippen molar-refractivity contribution in [2.75, 3.05) is 12.9 Å². The summed E-state index contributed by atoms with van der Waals surface area (Å²) in [6, 6.07) is 23.0. The van der Waals surface area contributed by atoms with E-state index in [0.29, 0.717) is 22.3 Å². The van der Waals surface area contributed by atoms with Crippen LogP contribution in [0, 0.1) is 0 Å². The lowest BCUT2D eigenvalue weighted by Crippen LogP contribution is -2.20. The minimum atomic E-state index is -0.286. The first-order chi connectivity index (χ1) is 17.8. The molecule has 9 heteroatoms. The number of amides is 1. The molecular formula is C28H29N5O3S. The number of para-hydroxylation sites is 1. The maximum atomic E-state index is 12.5. The van der Waals surface area contributed by atoms with E-state index in [-0.39, 0.29) is 22.8 Å². The van der Waals surface area contributed by atoms with E-state index >= 15 is 0 Å². The number of aromatic nitrogens is 3. The van der Waals surface area contributed by atoms with Gasteiger partial charge < -0.3 is 9.84 Å². The van der Waals surface area contributed by atoms with Crippen molar-refractivity contribution in [2.24, 2.45) is 5.10 Å². The molecule has 0 aliphatic heterocycles. The smallest absolute Gasteiger partial charge is 0.250 e. The van der Waals surface area contributed by atoms with Crippen LogP contribution in [0.2, 0.25) is 0 Å². The van der Waals surface area contributed by atoms with Gasteiger partial charge in [-0.25, -0.2) is 5.43 Å². The second-order valence-corrected chi connectivity index (χ2v) is 10.3. The number of hydrogen-bond acceptors (Lipinski definition) is 7. The number of methoxy groups -OCH3 is 1. The summed E-state index contributed by atoms with van der Waals surface area (Å²) in [4.78, 5) is 12.5. The summed E-state index contributed by atoms with van der Waals surface area (Å²) in [5, 5.41) is 23.1. The molecule has 0 aliphatic rings. The number of carbonyl (C=O) groups excluding carboxylic acids is 1. The Hall–Kier alpha value is -4.11. The van der Waals surface area contributed by atoms with Gasteiger partial charge in [0, 0.05) is 11.3 Å². The van der Waals surface area contributed by atoms with Crippen molar-refractivity contribution in [3.05, 3.63) is 83.9 Å². The summed E-state index contributed by atoms with van der Waals surface area (Å²) in [5.74, 6) is 0.881. The van der Waals surface area contributed by atoms with Gasteiger partial charge in [-0.05, 0) is 46.9 Å². The van der Waals surface area contributed by atoms with Gasteiger partial charge in [-0.1, -0.05) is 75.0 Å². The molecule has 0 fully saturated rings. The molecule has 0 bridgehead atoms. The van der Waals surface area contributed by atoms with Crippen LogP contribution >= 0.6 is 11.8 Å². The molecule has 3 aromatic carbocycles. The zero-order valence-corrected chi connectivity index (χ0v) is 22.0. The Bertz CT molecular complexity index is 1390. The van der Waals surface area contributed by atoms with Crippen LogP contribution in [0.25, 0.3) is 17.1 Å². The van der Waals surface area contributed by atoms with Gasteiger partial charge in [0.25, 0.3) is 5.91 Å². The Morgan fingerprint density at radius 3 is 2.49 bits per heavy atom. The quantitative estimate of drug-likeness (QED) is 0.190. The standard InChI is InChI=1S/C28H29N5O3S/c1-28(2,3)21-13-11-20(12-14-21)26-31-32-27(33(26)22-8-6-5-7-9-22)37-18-25(35)30-29-17-19-10-15-23(34)24(16-19)36-4/h5-17,34H,18H2,1-4H3,(H,30,35). The highest BCUT2D eigenvalue weighted by Crippen LogP contribution is 2.30. The number of phenolic OH excluding ortho intramolecular Hbond substituents is 1. The van der Waals surface area contributed by atoms with Crippen LogP contribution in [-0.4, -0.2) is 44.9 Å². The Balaban J connectivity index is 1.50. The van der Waals surface area contributed by atoms with Crippen LogP contribution in [0.3, 0.4) is 0 Å². The predicted molar refractivity (Wildman–Crippen MR) is 147 cm³/mol. The predicted octanol–water partition coefficient (Wildman–Crippen LogP) is 5.19. The van der Waals surface area contributed by atoms with E-state index < -0.39 is 0 Å². The van der Waals surface area contributed by atoms with E-state index in [9.17, 15) is 9.90 Å². The van der Waals surface area contributed by atoms with E-state index in [1.807, 2.05) is 34.9 Å². The van der Waals surface area contributed by atoms with Gasteiger partial charge in [-0.2, -0.15) is 5.10 Å². The zero-order valence-electron chi connectivity index (χ0n) is 21.2. The molecule has 37 heavy (non-hydrogen) atoms. The first-order valence-electron chi connectivity index (χ1n) is 11.7. The number of aromatic hydroxyl groups is 1. The highest BCUT2D eigenvalue weighted by Gasteiger charge is 2.19. The molecule has 0 atom stereocenters. The van der Waals surface area contributed by atoms with Crippen LogP contribution in [0.5, 0.6) is 11.5 Å². The molecule has 4 rings (SSSR count). The van der Waals surface area contributed by atoms with E-state index in [2.05, 4.69) is 65.8 Å². The van der Waals surface area contributed by atoms with E-state index in [1.54, 1.807) is 12.1 Å². The lowest BCUT2D eigenvalue weighted by Gasteiger charge is -2.19. The summed E-state index contributed by atoms with van der Waals surface area (Å²) in [5.41, 5.74) is 6.33. The fraction of sp³-hybridized carbons (Fsp3) is 0.214. The minimum absolute atomic E-state index is 0.0344. The van der Waals surface area contributed by atoms with Crippen LogP contribution in [0.15, 0.2) is 83.1 Å². The molecule has 0 saturated heterocycles. The Morgan fingerprint density at radius 1 is 1.08 bits per heavy atom.